The van der Waals surface area contributed by atoms with Crippen LogP contribution >= 0.6 is 11.3 Å². The van der Waals surface area contributed by atoms with Gasteiger partial charge in [0.05, 0.1) is 25.4 Å². The van der Waals surface area contributed by atoms with Crippen LogP contribution in [0.3, 0.4) is 0 Å². The predicted octanol–water partition coefficient (Wildman–Crippen LogP) is 2.88. The lowest BCUT2D eigenvalue weighted by molar-refractivity contribution is -0.0721. The first-order valence-electron chi connectivity index (χ1n) is 11.3. The molecule has 2 saturated heterocycles. The molecular formula is C22H34N6O2S. The number of ether oxygens (including phenoxy) is 2. The molecule has 9 heteroatoms. The van der Waals surface area contributed by atoms with E-state index in [4.69, 9.17) is 14.5 Å². The van der Waals surface area contributed by atoms with Gasteiger partial charge in [-0.25, -0.2) is 4.99 Å². The Morgan fingerprint density at radius 2 is 2.16 bits per heavy atom. The van der Waals surface area contributed by atoms with Crippen LogP contribution < -0.4 is 5.32 Å². The Bertz CT molecular complexity index is 823. The number of hydrogen-bond acceptors (Lipinski definition) is 6. The molecule has 1 N–H and O–H groups in total. The maximum absolute atomic E-state index is 6.19. The van der Waals surface area contributed by atoms with Crippen LogP contribution in [0.25, 0.3) is 0 Å². The van der Waals surface area contributed by atoms with Crippen LogP contribution in [0.5, 0.6) is 0 Å². The van der Waals surface area contributed by atoms with Crippen molar-refractivity contribution in [3.8, 4) is 0 Å². The molecule has 1 unspecified atom stereocenters. The zero-order valence-corrected chi connectivity index (χ0v) is 19.4. The Morgan fingerprint density at radius 1 is 1.29 bits per heavy atom. The predicted molar refractivity (Wildman–Crippen MR) is 122 cm³/mol. The molecule has 4 rings (SSSR count). The van der Waals surface area contributed by atoms with Crippen molar-refractivity contribution in [2.75, 3.05) is 26.3 Å². The van der Waals surface area contributed by atoms with E-state index in [0.717, 1.165) is 69.7 Å². The van der Waals surface area contributed by atoms with Crippen molar-refractivity contribution in [1.82, 2.24) is 25.0 Å². The van der Waals surface area contributed by atoms with Gasteiger partial charge in [-0.3, -0.25) is 0 Å². The Morgan fingerprint density at radius 3 is 2.84 bits per heavy atom. The van der Waals surface area contributed by atoms with Gasteiger partial charge in [-0.05, 0) is 50.5 Å². The number of aromatic nitrogens is 3. The highest BCUT2D eigenvalue weighted by Gasteiger charge is 2.24. The summed E-state index contributed by atoms with van der Waals surface area (Å²) in [5.74, 6) is 2.71. The van der Waals surface area contributed by atoms with Gasteiger partial charge in [-0.2, -0.15) is 0 Å². The molecule has 1 atom stereocenters. The van der Waals surface area contributed by atoms with E-state index in [1.54, 1.807) is 11.3 Å². The zero-order valence-electron chi connectivity index (χ0n) is 18.6. The van der Waals surface area contributed by atoms with Crippen molar-refractivity contribution in [2.24, 2.45) is 12.0 Å². The summed E-state index contributed by atoms with van der Waals surface area (Å²) in [6.07, 6.45) is 6.18. The largest absolute Gasteiger partial charge is 0.376 e. The molecule has 170 valence electrons. The van der Waals surface area contributed by atoms with E-state index in [1.165, 1.54) is 17.7 Å². The van der Waals surface area contributed by atoms with Crippen LogP contribution in [0.4, 0.5) is 0 Å². The Hall–Kier alpha value is -1.97. The highest BCUT2D eigenvalue weighted by atomic mass is 32.1. The van der Waals surface area contributed by atoms with Crippen molar-refractivity contribution in [3.05, 3.63) is 34.0 Å². The van der Waals surface area contributed by atoms with Gasteiger partial charge in [-0.1, -0.05) is 6.07 Å². The smallest absolute Gasteiger partial charge is 0.194 e. The first-order valence-corrected chi connectivity index (χ1v) is 12.2. The molecule has 0 aromatic carbocycles. The number of nitrogens with zero attached hydrogens (tertiary/aromatic N) is 5. The first kappa shape index (κ1) is 22.2. The summed E-state index contributed by atoms with van der Waals surface area (Å²) in [7, 11) is 1.98. The molecule has 0 bridgehead atoms. The molecule has 0 aliphatic carbocycles. The van der Waals surface area contributed by atoms with Crippen LogP contribution in [0, 0.1) is 6.92 Å². The van der Waals surface area contributed by atoms with Crippen molar-refractivity contribution in [2.45, 2.75) is 64.3 Å². The molecule has 0 saturated carbocycles. The van der Waals surface area contributed by atoms with Crippen molar-refractivity contribution in [1.29, 1.82) is 0 Å². The van der Waals surface area contributed by atoms with Crippen molar-refractivity contribution in [3.63, 3.8) is 0 Å². The third-order valence-corrected chi connectivity index (χ3v) is 6.96. The number of thiophene rings is 1. The van der Waals surface area contributed by atoms with E-state index in [1.807, 2.05) is 18.5 Å². The molecule has 2 fully saturated rings. The normalized spacial score (nSPS) is 20.9. The fraction of sp³-hybridized carbons (Fsp3) is 0.682. The highest BCUT2D eigenvalue weighted by Crippen LogP contribution is 2.18. The molecule has 2 aromatic heterocycles. The molecule has 0 spiro atoms. The lowest BCUT2D eigenvalue weighted by Crippen LogP contribution is -2.47. The molecule has 2 aromatic rings. The molecule has 2 aliphatic rings. The number of aryl methyl sites for hydroxylation is 1. The minimum absolute atomic E-state index is 0.284. The van der Waals surface area contributed by atoms with Crippen LogP contribution in [0.1, 0.15) is 48.6 Å². The summed E-state index contributed by atoms with van der Waals surface area (Å²) in [6.45, 7) is 6.73. The minimum Gasteiger partial charge on any atom is -0.376 e. The van der Waals surface area contributed by atoms with Gasteiger partial charge in [-0.15, -0.1) is 21.5 Å². The standard InChI is InChI=1S/C22H34N6O2S/c1-17-25-26-21(27(17)2)15-24-22(23-14-20-7-5-13-31-20)28-10-8-18(9-11-28)30-16-19-6-3-4-12-29-19/h5,7,13,18-19H,3-4,6,8-12,14-16H2,1-2H3,(H,23,24). The number of hydrogen-bond donors (Lipinski definition) is 1. The van der Waals surface area contributed by atoms with E-state index >= 15 is 0 Å². The number of piperidine rings is 1. The van der Waals surface area contributed by atoms with Gasteiger partial charge in [0.1, 0.15) is 12.4 Å². The quantitative estimate of drug-likeness (QED) is 0.521. The second-order valence-electron chi connectivity index (χ2n) is 8.30. The number of rotatable bonds is 7. The lowest BCUT2D eigenvalue weighted by Gasteiger charge is -2.35. The molecule has 4 heterocycles. The Labute approximate surface area is 188 Å². The van der Waals surface area contributed by atoms with E-state index in [2.05, 4.69) is 37.9 Å². The van der Waals surface area contributed by atoms with Gasteiger partial charge in [0, 0.05) is 31.6 Å². The van der Waals surface area contributed by atoms with E-state index in [-0.39, 0.29) is 6.10 Å². The minimum atomic E-state index is 0.284. The van der Waals surface area contributed by atoms with Crippen LogP contribution in [-0.4, -0.2) is 64.1 Å². The summed E-state index contributed by atoms with van der Waals surface area (Å²) in [5, 5.41) is 14.1. The van der Waals surface area contributed by atoms with Gasteiger partial charge in [0.2, 0.25) is 0 Å². The molecule has 8 nitrogen and oxygen atoms in total. The van der Waals surface area contributed by atoms with Crippen LogP contribution in [0.15, 0.2) is 22.5 Å². The SMILES string of the molecule is Cc1nnc(CN=C(NCc2cccs2)N2CCC(OCC3CCCCO3)CC2)n1C. The van der Waals surface area contributed by atoms with Crippen molar-refractivity contribution < 1.29 is 9.47 Å². The summed E-state index contributed by atoms with van der Waals surface area (Å²) >= 11 is 1.76. The molecule has 0 radical (unpaired) electrons. The third kappa shape index (κ3) is 6.27. The summed E-state index contributed by atoms with van der Waals surface area (Å²) < 4.78 is 14.0. The summed E-state index contributed by atoms with van der Waals surface area (Å²) in [5.41, 5.74) is 0. The van der Waals surface area contributed by atoms with Crippen molar-refractivity contribution >= 4 is 17.3 Å². The fourth-order valence-electron chi connectivity index (χ4n) is 4.00. The van der Waals surface area contributed by atoms with E-state index in [9.17, 15) is 0 Å². The van der Waals surface area contributed by atoms with Gasteiger partial charge >= 0.3 is 0 Å². The van der Waals surface area contributed by atoms with Gasteiger partial charge in [0.15, 0.2) is 11.8 Å². The number of nitrogens with one attached hydrogen (secondary N) is 1. The first-order chi connectivity index (χ1) is 15.2. The van der Waals surface area contributed by atoms with E-state index in [0.29, 0.717) is 12.6 Å². The zero-order chi connectivity index (χ0) is 21.5. The summed E-state index contributed by atoms with van der Waals surface area (Å²) in [6, 6.07) is 4.23. The highest BCUT2D eigenvalue weighted by molar-refractivity contribution is 7.09. The molecule has 31 heavy (non-hydrogen) atoms. The monoisotopic (exact) mass is 446 g/mol. The summed E-state index contributed by atoms with van der Waals surface area (Å²) in [4.78, 5) is 8.53. The fourth-order valence-corrected chi connectivity index (χ4v) is 4.64. The Kier molecular flexibility index (Phi) is 7.93. The van der Waals surface area contributed by atoms with Crippen LogP contribution in [0.2, 0.25) is 0 Å². The molecular weight excluding hydrogens is 412 g/mol. The Balaban J connectivity index is 1.32. The van der Waals surface area contributed by atoms with Gasteiger partial charge in [0.25, 0.3) is 0 Å². The van der Waals surface area contributed by atoms with E-state index < -0.39 is 0 Å². The second-order valence-corrected chi connectivity index (χ2v) is 9.34. The second kappa shape index (κ2) is 11.1. The topological polar surface area (TPSA) is 76.8 Å². The number of aliphatic imine (C=N–C) groups is 1. The number of likely N-dealkylation sites (tertiary alicyclic amines) is 1. The van der Waals surface area contributed by atoms with Crippen LogP contribution in [-0.2, 0) is 29.6 Å². The maximum atomic E-state index is 6.19. The average Bonchev–Trinajstić information content (AvgIpc) is 3.44. The lowest BCUT2D eigenvalue weighted by atomic mass is 10.1. The molecule has 2 aliphatic heterocycles. The molecule has 0 amide bonds. The maximum Gasteiger partial charge on any atom is 0.194 e. The number of guanidine groups is 1. The third-order valence-electron chi connectivity index (χ3n) is 6.09. The average molecular weight is 447 g/mol. The van der Waals surface area contributed by atoms with Gasteiger partial charge < -0.3 is 24.3 Å².